The van der Waals surface area contributed by atoms with E-state index in [0.717, 1.165) is 17.4 Å². The molecule has 0 unspecified atom stereocenters. The van der Waals surface area contributed by atoms with E-state index >= 15 is 0 Å². The smallest absolute Gasteiger partial charge is 0.416 e. The molecular weight excluding hydrogens is 439 g/mol. The molecule has 4 rings (SSSR count). The monoisotopic (exact) mass is 461 g/mol. The van der Waals surface area contributed by atoms with Gasteiger partial charge in [-0.15, -0.1) is 0 Å². The van der Waals surface area contributed by atoms with Crippen molar-refractivity contribution in [2.24, 2.45) is 4.99 Å². The Morgan fingerprint density at radius 1 is 1.06 bits per heavy atom. The van der Waals surface area contributed by atoms with Crippen molar-refractivity contribution in [1.82, 2.24) is 4.90 Å². The third-order valence-corrected chi connectivity index (χ3v) is 6.23. The van der Waals surface area contributed by atoms with Crippen molar-refractivity contribution < 1.29 is 22.7 Å². The second-order valence-electron chi connectivity index (χ2n) is 7.33. The number of hydrogen-bond acceptors (Lipinski definition) is 5. The van der Waals surface area contributed by atoms with Gasteiger partial charge in [0.2, 0.25) is 0 Å². The maximum absolute atomic E-state index is 13.0. The number of hydrogen-bond donors (Lipinski definition) is 0. The van der Waals surface area contributed by atoms with E-state index in [1.165, 1.54) is 23.9 Å². The number of alkyl halides is 3. The predicted octanol–water partition coefficient (Wildman–Crippen LogP) is 4.90. The van der Waals surface area contributed by atoms with Gasteiger partial charge in [-0.1, -0.05) is 18.2 Å². The summed E-state index contributed by atoms with van der Waals surface area (Å²) in [6.45, 7) is 4.76. The van der Waals surface area contributed by atoms with Gasteiger partial charge in [-0.25, -0.2) is 0 Å². The summed E-state index contributed by atoms with van der Waals surface area (Å²) in [5, 5.41) is 0.635. The Bertz CT molecular complexity index is 1040. The fourth-order valence-corrected chi connectivity index (χ4v) is 4.51. The Morgan fingerprint density at radius 3 is 2.41 bits per heavy atom. The highest BCUT2D eigenvalue weighted by Gasteiger charge is 2.32. The van der Waals surface area contributed by atoms with Gasteiger partial charge in [0.05, 0.1) is 17.1 Å². The minimum atomic E-state index is -4.36. The number of rotatable bonds is 4. The Hall–Kier alpha value is -2.94. The molecule has 168 valence electrons. The first-order valence-electron chi connectivity index (χ1n) is 10.3. The van der Waals surface area contributed by atoms with E-state index in [1.807, 2.05) is 41.0 Å². The van der Waals surface area contributed by atoms with Gasteiger partial charge in [-0.2, -0.15) is 18.2 Å². The average Bonchev–Trinajstić information content (AvgIpc) is 3.15. The Morgan fingerprint density at radius 2 is 1.75 bits per heavy atom. The van der Waals surface area contributed by atoms with Crippen LogP contribution in [0.2, 0.25) is 0 Å². The summed E-state index contributed by atoms with van der Waals surface area (Å²) in [6, 6.07) is 12.9. The molecule has 0 atom stereocenters. The van der Waals surface area contributed by atoms with Gasteiger partial charge < -0.3 is 14.5 Å². The molecule has 0 N–H and O–H groups in total. The van der Waals surface area contributed by atoms with E-state index in [4.69, 9.17) is 4.74 Å². The second kappa shape index (κ2) is 9.28. The van der Waals surface area contributed by atoms with E-state index in [-0.39, 0.29) is 5.91 Å². The highest BCUT2D eigenvalue weighted by atomic mass is 32.2. The molecular formula is C23H22F3N3O2S. The van der Waals surface area contributed by atoms with Crippen molar-refractivity contribution in [2.45, 2.75) is 13.1 Å². The largest absolute Gasteiger partial charge is 0.494 e. The molecule has 0 aromatic heterocycles. The number of aliphatic imine (C=N–C) groups is 1. The summed E-state index contributed by atoms with van der Waals surface area (Å²) in [5.74, 6) is 0.495. The molecule has 1 amide bonds. The molecule has 2 aromatic rings. The molecule has 5 nitrogen and oxygen atoms in total. The topological polar surface area (TPSA) is 45.1 Å². The fourth-order valence-electron chi connectivity index (χ4n) is 3.55. The van der Waals surface area contributed by atoms with Gasteiger partial charge in [-0.3, -0.25) is 4.79 Å². The van der Waals surface area contributed by atoms with Crippen molar-refractivity contribution in [1.29, 1.82) is 0 Å². The molecule has 0 saturated carbocycles. The van der Waals surface area contributed by atoms with Crippen LogP contribution in [0.3, 0.4) is 0 Å². The first-order valence-corrected chi connectivity index (χ1v) is 11.1. The Labute approximate surface area is 188 Å². The van der Waals surface area contributed by atoms with Crippen molar-refractivity contribution in [3.63, 3.8) is 0 Å². The third-order valence-electron chi connectivity index (χ3n) is 5.19. The van der Waals surface area contributed by atoms with Gasteiger partial charge in [0.15, 0.2) is 5.17 Å². The van der Waals surface area contributed by atoms with Crippen LogP contribution in [0.15, 0.2) is 58.4 Å². The average molecular weight is 462 g/mol. The minimum Gasteiger partial charge on any atom is -0.494 e. The quantitative estimate of drug-likeness (QED) is 0.607. The number of thioether (sulfide) groups is 1. The molecule has 1 saturated heterocycles. The van der Waals surface area contributed by atoms with Gasteiger partial charge in [0.25, 0.3) is 5.91 Å². The SMILES string of the molecule is CCOc1ccc(/C=C2\SC(N3CCN(c4cccc(C(F)(F)F)c4)CC3)=NC2=O)cc1. The van der Waals surface area contributed by atoms with E-state index in [2.05, 4.69) is 4.99 Å². The van der Waals surface area contributed by atoms with Crippen molar-refractivity contribution in [2.75, 3.05) is 37.7 Å². The summed E-state index contributed by atoms with van der Waals surface area (Å²) in [6.07, 6.45) is -2.56. The molecule has 2 aliphatic heterocycles. The lowest BCUT2D eigenvalue weighted by atomic mass is 10.1. The highest BCUT2D eigenvalue weighted by Crippen LogP contribution is 2.33. The van der Waals surface area contributed by atoms with E-state index in [1.54, 1.807) is 12.1 Å². The summed E-state index contributed by atoms with van der Waals surface area (Å²) >= 11 is 1.33. The lowest BCUT2D eigenvalue weighted by molar-refractivity contribution is -0.137. The van der Waals surface area contributed by atoms with Crippen molar-refractivity contribution >= 4 is 34.6 Å². The summed E-state index contributed by atoms with van der Waals surface area (Å²) in [5.41, 5.74) is 0.783. The number of halogens is 3. The number of anilines is 1. The molecule has 32 heavy (non-hydrogen) atoms. The zero-order chi connectivity index (χ0) is 22.7. The number of ether oxygens (including phenoxy) is 1. The molecule has 0 radical (unpaired) electrons. The maximum atomic E-state index is 13.0. The number of benzene rings is 2. The predicted molar refractivity (Wildman–Crippen MR) is 121 cm³/mol. The first kappa shape index (κ1) is 22.3. The van der Waals surface area contributed by atoms with Gasteiger partial charge >= 0.3 is 6.18 Å². The number of carbonyl (C=O) groups is 1. The molecule has 0 spiro atoms. The molecule has 9 heteroatoms. The number of nitrogens with zero attached hydrogens (tertiary/aromatic N) is 3. The van der Waals surface area contributed by atoms with Crippen LogP contribution in [-0.4, -0.2) is 48.8 Å². The molecule has 2 heterocycles. The normalized spacial score (nSPS) is 18.3. The molecule has 1 fully saturated rings. The molecule has 2 aromatic carbocycles. The fraction of sp³-hybridized carbons (Fsp3) is 0.304. The molecule has 0 aliphatic carbocycles. The number of piperazine rings is 1. The number of carbonyl (C=O) groups excluding carboxylic acids is 1. The maximum Gasteiger partial charge on any atom is 0.416 e. The van der Waals surface area contributed by atoms with Gasteiger partial charge in [0, 0.05) is 31.9 Å². The van der Waals surface area contributed by atoms with E-state index in [0.29, 0.717) is 48.5 Å². The molecule has 0 bridgehead atoms. The highest BCUT2D eigenvalue weighted by molar-refractivity contribution is 8.18. The van der Waals surface area contributed by atoms with Crippen LogP contribution < -0.4 is 9.64 Å². The van der Waals surface area contributed by atoms with Crippen LogP contribution in [0.5, 0.6) is 5.75 Å². The Balaban J connectivity index is 1.37. The van der Waals surface area contributed by atoms with Crippen molar-refractivity contribution in [3.05, 3.63) is 64.6 Å². The molecule has 2 aliphatic rings. The summed E-state index contributed by atoms with van der Waals surface area (Å²) in [7, 11) is 0. The van der Waals surface area contributed by atoms with Crippen LogP contribution in [0.1, 0.15) is 18.1 Å². The van der Waals surface area contributed by atoms with Crippen LogP contribution >= 0.6 is 11.8 Å². The van der Waals surface area contributed by atoms with E-state index < -0.39 is 11.7 Å². The van der Waals surface area contributed by atoms with Gasteiger partial charge in [0.1, 0.15) is 5.75 Å². The standard InChI is InChI=1S/C23H22F3N3O2S/c1-2-31-19-8-6-16(7-9-19)14-20-21(30)27-22(32-20)29-12-10-28(11-13-29)18-5-3-4-17(15-18)23(24,25)26/h3-9,14-15H,2,10-13H2,1H3/b20-14-. The summed E-state index contributed by atoms with van der Waals surface area (Å²) < 4.78 is 44.4. The first-order chi connectivity index (χ1) is 15.3. The van der Waals surface area contributed by atoms with E-state index in [9.17, 15) is 18.0 Å². The summed E-state index contributed by atoms with van der Waals surface area (Å²) in [4.78, 5) is 21.0. The van der Waals surface area contributed by atoms with Crippen LogP contribution in [-0.2, 0) is 11.0 Å². The third kappa shape index (κ3) is 5.09. The van der Waals surface area contributed by atoms with Crippen LogP contribution in [0.25, 0.3) is 6.08 Å². The zero-order valence-corrected chi connectivity index (χ0v) is 18.2. The zero-order valence-electron chi connectivity index (χ0n) is 17.4. The lowest BCUT2D eigenvalue weighted by Crippen LogP contribution is -2.47. The van der Waals surface area contributed by atoms with Crippen LogP contribution in [0, 0.1) is 0 Å². The number of amidine groups is 1. The number of amides is 1. The van der Waals surface area contributed by atoms with Crippen LogP contribution in [0.4, 0.5) is 18.9 Å². The minimum absolute atomic E-state index is 0.279. The van der Waals surface area contributed by atoms with Crippen molar-refractivity contribution in [3.8, 4) is 5.75 Å². The van der Waals surface area contributed by atoms with Gasteiger partial charge in [-0.05, 0) is 60.7 Å². The lowest BCUT2D eigenvalue weighted by Gasteiger charge is -2.36. The Kier molecular flexibility index (Phi) is 6.45. The second-order valence-corrected chi connectivity index (χ2v) is 8.34.